The minimum Gasteiger partial charge on any atom is -0.384 e. The zero-order valence-electron chi connectivity index (χ0n) is 9.66. The van der Waals surface area contributed by atoms with Crippen LogP contribution < -0.4 is 5.73 Å². The Morgan fingerprint density at radius 2 is 2.06 bits per heavy atom. The molecule has 0 aliphatic rings. The molecule has 2 rings (SSSR count). The molecule has 0 spiro atoms. The second-order valence-corrected chi connectivity index (χ2v) is 4.33. The molecule has 3 N–H and O–H groups in total. The van der Waals surface area contributed by atoms with Gasteiger partial charge in [-0.15, -0.1) is 0 Å². The molecule has 1 aromatic carbocycles. The van der Waals surface area contributed by atoms with Crippen LogP contribution in [0.5, 0.6) is 0 Å². The fraction of sp³-hybridized carbons (Fsp3) is 0.167. The van der Waals surface area contributed by atoms with Crippen LogP contribution in [-0.2, 0) is 0 Å². The molecule has 0 saturated carbocycles. The number of rotatable bonds is 2. The minimum absolute atomic E-state index is 0.00631. The first-order valence-electron chi connectivity index (χ1n) is 5.16. The number of hydrogen-bond donors (Lipinski definition) is 2. The number of aryl methyl sites for hydroxylation is 2. The molecule has 0 aliphatic carbocycles. The van der Waals surface area contributed by atoms with Crippen LogP contribution in [0.2, 0.25) is 5.02 Å². The highest BCUT2D eigenvalue weighted by molar-refractivity contribution is 6.32. The second kappa shape index (κ2) is 4.22. The highest BCUT2D eigenvalue weighted by Crippen LogP contribution is 2.23. The van der Waals surface area contributed by atoms with Crippen molar-refractivity contribution in [2.45, 2.75) is 13.8 Å². The van der Waals surface area contributed by atoms with Gasteiger partial charge < -0.3 is 5.73 Å². The normalized spacial score (nSPS) is 10.5. The number of nitrogens with two attached hydrogens (primary N) is 1. The Morgan fingerprint density at radius 3 is 2.53 bits per heavy atom. The van der Waals surface area contributed by atoms with Gasteiger partial charge in [0.1, 0.15) is 5.84 Å². The molecule has 2 aromatic rings. The van der Waals surface area contributed by atoms with Crippen molar-refractivity contribution in [2.75, 3.05) is 0 Å². The molecule has 1 aromatic heterocycles. The van der Waals surface area contributed by atoms with E-state index in [2.05, 4.69) is 5.10 Å². The lowest BCUT2D eigenvalue weighted by Crippen LogP contribution is -2.11. The average molecular weight is 249 g/mol. The third-order valence-corrected chi connectivity index (χ3v) is 2.80. The van der Waals surface area contributed by atoms with Gasteiger partial charge in [-0.2, -0.15) is 5.10 Å². The Bertz CT molecular complexity index is 586. The molecule has 17 heavy (non-hydrogen) atoms. The lowest BCUT2D eigenvalue weighted by molar-refractivity contribution is 0.834. The molecule has 4 nitrogen and oxygen atoms in total. The third-order valence-electron chi connectivity index (χ3n) is 2.50. The van der Waals surface area contributed by atoms with E-state index in [9.17, 15) is 0 Å². The van der Waals surface area contributed by atoms with E-state index in [0.29, 0.717) is 10.6 Å². The van der Waals surface area contributed by atoms with E-state index in [-0.39, 0.29) is 5.84 Å². The number of halogens is 1. The predicted octanol–water partition coefficient (Wildman–Crippen LogP) is 2.43. The number of nitrogens with one attached hydrogen (secondary N) is 1. The summed E-state index contributed by atoms with van der Waals surface area (Å²) in [6, 6.07) is 7.24. The second-order valence-electron chi connectivity index (χ2n) is 3.92. The Balaban J connectivity index is 2.54. The minimum atomic E-state index is 0.00631. The SMILES string of the molecule is Cc1cc(C)n(-c2ccc(C(=N)N)cc2Cl)n1. The Hall–Kier alpha value is -1.81. The van der Waals surface area contributed by atoms with Gasteiger partial charge in [-0.25, -0.2) is 4.68 Å². The molecular weight excluding hydrogens is 236 g/mol. The van der Waals surface area contributed by atoms with E-state index in [0.717, 1.165) is 17.1 Å². The van der Waals surface area contributed by atoms with E-state index in [4.69, 9.17) is 22.7 Å². The predicted molar refractivity (Wildman–Crippen MR) is 69.1 cm³/mol. The first kappa shape index (κ1) is 11.7. The Labute approximate surface area is 105 Å². The summed E-state index contributed by atoms with van der Waals surface area (Å²) in [6.45, 7) is 3.90. The van der Waals surface area contributed by atoms with Gasteiger partial charge in [-0.05, 0) is 38.1 Å². The number of amidine groups is 1. The lowest BCUT2D eigenvalue weighted by atomic mass is 10.2. The lowest BCUT2D eigenvalue weighted by Gasteiger charge is -2.08. The summed E-state index contributed by atoms with van der Waals surface area (Å²) in [4.78, 5) is 0. The summed E-state index contributed by atoms with van der Waals surface area (Å²) >= 11 is 6.18. The van der Waals surface area contributed by atoms with E-state index in [1.165, 1.54) is 0 Å². The Kier molecular flexibility index (Phi) is 2.90. The van der Waals surface area contributed by atoms with Gasteiger partial charge in [0.2, 0.25) is 0 Å². The molecule has 0 saturated heterocycles. The molecule has 0 bridgehead atoms. The summed E-state index contributed by atoms with van der Waals surface area (Å²) in [5.41, 5.74) is 8.77. The fourth-order valence-electron chi connectivity index (χ4n) is 1.72. The number of nitrogen functional groups attached to an aromatic ring is 1. The van der Waals surface area contributed by atoms with Crippen LogP contribution >= 0.6 is 11.6 Å². The van der Waals surface area contributed by atoms with E-state index >= 15 is 0 Å². The van der Waals surface area contributed by atoms with Gasteiger partial charge in [-0.3, -0.25) is 5.41 Å². The fourth-order valence-corrected chi connectivity index (χ4v) is 1.98. The number of benzene rings is 1. The highest BCUT2D eigenvalue weighted by atomic mass is 35.5. The van der Waals surface area contributed by atoms with Crippen LogP contribution in [0.25, 0.3) is 5.69 Å². The summed E-state index contributed by atoms with van der Waals surface area (Å²) in [5.74, 6) is 0.00631. The maximum atomic E-state index is 7.35. The molecule has 0 unspecified atom stereocenters. The Morgan fingerprint density at radius 1 is 1.35 bits per heavy atom. The van der Waals surface area contributed by atoms with Crippen molar-refractivity contribution in [3.63, 3.8) is 0 Å². The smallest absolute Gasteiger partial charge is 0.122 e. The van der Waals surface area contributed by atoms with Crippen LogP contribution in [0.15, 0.2) is 24.3 Å². The average Bonchev–Trinajstić information content (AvgIpc) is 2.57. The molecule has 88 valence electrons. The van der Waals surface area contributed by atoms with E-state index in [1.807, 2.05) is 26.0 Å². The molecule has 0 fully saturated rings. The van der Waals surface area contributed by atoms with Crippen LogP contribution in [0.1, 0.15) is 17.0 Å². The maximum absolute atomic E-state index is 7.35. The van der Waals surface area contributed by atoms with Crippen molar-refractivity contribution in [2.24, 2.45) is 5.73 Å². The van der Waals surface area contributed by atoms with Crippen LogP contribution in [-0.4, -0.2) is 15.6 Å². The molecule has 0 aliphatic heterocycles. The standard InChI is InChI=1S/C12H13ClN4/c1-7-5-8(2)17(16-7)11-4-3-9(12(14)15)6-10(11)13/h3-6H,1-2H3,(H3,14,15). The quantitative estimate of drug-likeness (QED) is 0.633. The van der Waals surface area contributed by atoms with Gasteiger partial charge in [-0.1, -0.05) is 11.6 Å². The highest BCUT2D eigenvalue weighted by Gasteiger charge is 2.09. The van der Waals surface area contributed by atoms with Crippen LogP contribution in [0.4, 0.5) is 0 Å². The monoisotopic (exact) mass is 248 g/mol. The van der Waals surface area contributed by atoms with Gasteiger partial charge in [0, 0.05) is 11.3 Å². The molecule has 5 heteroatoms. The molecular formula is C12H13ClN4. The first-order valence-corrected chi connectivity index (χ1v) is 5.54. The summed E-state index contributed by atoms with van der Waals surface area (Å²) in [7, 11) is 0. The van der Waals surface area contributed by atoms with Gasteiger partial charge >= 0.3 is 0 Å². The van der Waals surface area contributed by atoms with E-state index in [1.54, 1.807) is 16.8 Å². The van der Waals surface area contributed by atoms with Crippen molar-refractivity contribution in [3.8, 4) is 5.69 Å². The number of nitrogens with zero attached hydrogens (tertiary/aromatic N) is 2. The van der Waals surface area contributed by atoms with Gasteiger partial charge in [0.25, 0.3) is 0 Å². The van der Waals surface area contributed by atoms with Gasteiger partial charge in [0.05, 0.1) is 16.4 Å². The molecule has 1 heterocycles. The van der Waals surface area contributed by atoms with Crippen molar-refractivity contribution in [3.05, 3.63) is 46.2 Å². The van der Waals surface area contributed by atoms with Gasteiger partial charge in [0.15, 0.2) is 0 Å². The summed E-state index contributed by atoms with van der Waals surface area (Å²) in [6.07, 6.45) is 0. The number of aromatic nitrogens is 2. The van der Waals surface area contributed by atoms with Crippen molar-refractivity contribution in [1.29, 1.82) is 5.41 Å². The topological polar surface area (TPSA) is 67.7 Å². The third kappa shape index (κ3) is 2.17. The van der Waals surface area contributed by atoms with Crippen molar-refractivity contribution < 1.29 is 0 Å². The van der Waals surface area contributed by atoms with Crippen molar-refractivity contribution in [1.82, 2.24) is 9.78 Å². The zero-order valence-corrected chi connectivity index (χ0v) is 10.4. The maximum Gasteiger partial charge on any atom is 0.122 e. The summed E-state index contributed by atoms with van der Waals surface area (Å²) in [5, 5.41) is 12.2. The van der Waals surface area contributed by atoms with E-state index < -0.39 is 0 Å². The van der Waals surface area contributed by atoms with Crippen LogP contribution in [0.3, 0.4) is 0 Å². The molecule has 0 atom stereocenters. The number of hydrogen-bond acceptors (Lipinski definition) is 2. The summed E-state index contributed by atoms with van der Waals surface area (Å²) < 4.78 is 1.78. The largest absolute Gasteiger partial charge is 0.384 e. The zero-order chi connectivity index (χ0) is 12.6. The molecule has 0 radical (unpaired) electrons. The molecule has 0 amide bonds. The first-order chi connectivity index (χ1) is 7.99. The van der Waals surface area contributed by atoms with Crippen LogP contribution in [0, 0.1) is 19.3 Å². The van der Waals surface area contributed by atoms with Crippen molar-refractivity contribution >= 4 is 17.4 Å².